The number of para-hydroxylation sites is 2. The molecule has 0 radical (unpaired) electrons. The largest absolute Gasteiger partial charge is 0.456 e. The fourth-order valence-electron chi connectivity index (χ4n) is 10.8. The number of benzene rings is 8. The number of anilines is 6. The Bertz CT molecular complexity index is 3560. The Labute approximate surface area is 403 Å². The van der Waals surface area contributed by atoms with Crippen molar-refractivity contribution in [1.29, 1.82) is 0 Å². The van der Waals surface area contributed by atoms with Gasteiger partial charge in [0.15, 0.2) is 11.5 Å². The van der Waals surface area contributed by atoms with E-state index in [4.69, 9.17) is 18.3 Å². The summed E-state index contributed by atoms with van der Waals surface area (Å²) in [4.78, 5) is 4.98. The van der Waals surface area contributed by atoms with Crippen molar-refractivity contribution in [2.24, 2.45) is 0 Å². The SMILES string of the molecule is Cc1cc2c3c(c1)N(c1ccc(C(C)(C)C)cc1-c1ccccc1)c1cc4c(cc1B3c1cc(C(C)(C)C)ccc1N2c1cc(-c2cc3ccccc3o2)cc(-c2cc3ccccc3o2)c1)OCO4. The van der Waals surface area contributed by atoms with Gasteiger partial charge in [-0.15, -0.1) is 0 Å². The second-order valence-corrected chi connectivity index (χ2v) is 21.0. The molecular weight excluding hydrogens is 848 g/mol. The van der Waals surface area contributed by atoms with Crippen LogP contribution in [0.15, 0.2) is 179 Å². The minimum Gasteiger partial charge on any atom is -0.456 e. The van der Waals surface area contributed by atoms with E-state index in [1.807, 2.05) is 24.3 Å². The maximum atomic E-state index is 6.66. The lowest BCUT2D eigenvalue weighted by molar-refractivity contribution is 0.174. The molecule has 0 amide bonds. The summed E-state index contributed by atoms with van der Waals surface area (Å²) >= 11 is 0. The lowest BCUT2D eigenvalue weighted by Gasteiger charge is -2.45. The average molecular weight is 899 g/mol. The minimum atomic E-state index is -0.132. The summed E-state index contributed by atoms with van der Waals surface area (Å²) in [6.45, 7) is 16.0. The summed E-state index contributed by atoms with van der Waals surface area (Å²) in [5, 5.41) is 2.11. The predicted octanol–water partition coefficient (Wildman–Crippen LogP) is 14.9. The third-order valence-electron chi connectivity index (χ3n) is 14.4. The fraction of sp³-hybridized carbons (Fsp3) is 0.161. The Morgan fingerprint density at radius 3 is 1.62 bits per heavy atom. The molecule has 6 nitrogen and oxygen atoms in total. The molecule has 13 rings (SSSR count). The maximum absolute atomic E-state index is 6.66. The molecule has 3 aliphatic heterocycles. The maximum Gasteiger partial charge on any atom is 0.252 e. The van der Waals surface area contributed by atoms with Crippen molar-refractivity contribution >= 4 is 79.2 Å². The molecule has 8 aromatic carbocycles. The van der Waals surface area contributed by atoms with Crippen molar-refractivity contribution in [2.45, 2.75) is 59.3 Å². The zero-order chi connectivity index (χ0) is 46.9. The Morgan fingerprint density at radius 2 is 1.00 bits per heavy atom. The molecule has 7 heteroatoms. The molecule has 0 atom stereocenters. The summed E-state index contributed by atoms with van der Waals surface area (Å²) in [5.74, 6) is 3.11. The minimum absolute atomic E-state index is 0.0609. The van der Waals surface area contributed by atoms with Gasteiger partial charge in [-0.05, 0) is 135 Å². The monoisotopic (exact) mass is 898 g/mol. The van der Waals surface area contributed by atoms with Crippen LogP contribution in [0.5, 0.6) is 11.5 Å². The van der Waals surface area contributed by atoms with Crippen molar-refractivity contribution in [3.63, 3.8) is 0 Å². The smallest absolute Gasteiger partial charge is 0.252 e. The van der Waals surface area contributed by atoms with Crippen molar-refractivity contribution in [3.05, 3.63) is 187 Å². The summed E-state index contributed by atoms with van der Waals surface area (Å²) in [6.07, 6.45) is 0. The van der Waals surface area contributed by atoms with Crippen LogP contribution >= 0.6 is 0 Å². The van der Waals surface area contributed by atoms with Crippen LogP contribution in [0.2, 0.25) is 0 Å². The number of hydrogen-bond acceptors (Lipinski definition) is 6. The van der Waals surface area contributed by atoms with Gasteiger partial charge in [0.05, 0.1) is 5.69 Å². The summed E-state index contributed by atoms with van der Waals surface area (Å²) < 4.78 is 25.8. The molecular formula is C62H51BN2O4. The molecule has 0 bridgehead atoms. The number of ether oxygens (including phenoxy) is 2. The molecule has 69 heavy (non-hydrogen) atoms. The molecule has 336 valence electrons. The fourth-order valence-corrected chi connectivity index (χ4v) is 10.8. The van der Waals surface area contributed by atoms with Gasteiger partial charge >= 0.3 is 0 Å². The van der Waals surface area contributed by atoms with E-state index in [1.165, 1.54) is 27.5 Å². The van der Waals surface area contributed by atoms with E-state index in [0.717, 1.165) is 107 Å². The van der Waals surface area contributed by atoms with E-state index < -0.39 is 0 Å². The highest BCUT2D eigenvalue weighted by atomic mass is 16.7. The molecule has 0 spiro atoms. The van der Waals surface area contributed by atoms with E-state index in [2.05, 4.69) is 204 Å². The Morgan fingerprint density at radius 1 is 0.449 bits per heavy atom. The van der Waals surface area contributed by atoms with Gasteiger partial charge in [-0.25, -0.2) is 0 Å². The third kappa shape index (κ3) is 6.69. The van der Waals surface area contributed by atoms with Crippen LogP contribution in [0.25, 0.3) is 55.7 Å². The lowest BCUT2D eigenvalue weighted by atomic mass is 9.33. The third-order valence-corrected chi connectivity index (χ3v) is 14.4. The molecule has 0 saturated heterocycles. The van der Waals surface area contributed by atoms with Crippen LogP contribution < -0.4 is 35.7 Å². The summed E-state index contributed by atoms with van der Waals surface area (Å²) in [7, 11) is 0. The normalized spacial score (nSPS) is 13.8. The summed E-state index contributed by atoms with van der Waals surface area (Å²) in [5.41, 5.74) is 19.6. The Kier molecular flexibility index (Phi) is 9.01. The van der Waals surface area contributed by atoms with Crippen LogP contribution in [-0.4, -0.2) is 13.5 Å². The number of nitrogens with zero attached hydrogens (tertiary/aromatic N) is 2. The standard InChI is InChI=1S/C62H51BN2O4/c1-37-25-52-60-53(26-37)65(49-23-21-43(61(2,3)4)32-46(49)38-15-9-8-10-16-38)51-35-59-58(66-36-67-59)34-48(51)63(60)47-33-44(62(5,6)7)22-24-50(47)64(52)45-28-41(56-30-39-17-11-13-19-54(39)68-56)27-42(29-45)57-31-40-18-12-14-20-55(40)69-57/h8-35H,36H2,1-7H3. The number of rotatable bonds is 5. The topological polar surface area (TPSA) is 51.2 Å². The quantitative estimate of drug-likeness (QED) is 0.160. The van der Waals surface area contributed by atoms with Crippen molar-refractivity contribution in [3.8, 4) is 45.3 Å². The lowest BCUT2D eigenvalue weighted by Crippen LogP contribution is -2.61. The second kappa shape index (κ2) is 15.1. The molecule has 0 saturated carbocycles. The number of furan rings is 2. The molecule has 5 heterocycles. The molecule has 0 N–H and O–H groups in total. The Balaban J connectivity index is 1.12. The van der Waals surface area contributed by atoms with E-state index in [9.17, 15) is 0 Å². The van der Waals surface area contributed by atoms with Gasteiger partial charge in [-0.2, -0.15) is 0 Å². The van der Waals surface area contributed by atoms with Crippen LogP contribution in [0, 0.1) is 6.92 Å². The zero-order valence-electron chi connectivity index (χ0n) is 40.0. The van der Waals surface area contributed by atoms with Gasteiger partial charge in [0.2, 0.25) is 6.79 Å². The highest BCUT2D eigenvalue weighted by Crippen LogP contribution is 2.51. The molecule has 0 aliphatic carbocycles. The molecule has 0 unspecified atom stereocenters. The first-order valence-corrected chi connectivity index (χ1v) is 24.0. The van der Waals surface area contributed by atoms with E-state index in [0.29, 0.717) is 0 Å². The molecule has 3 aliphatic rings. The first-order chi connectivity index (χ1) is 33.3. The van der Waals surface area contributed by atoms with E-state index >= 15 is 0 Å². The predicted molar refractivity (Wildman–Crippen MR) is 285 cm³/mol. The van der Waals surface area contributed by atoms with Crippen LogP contribution in [0.4, 0.5) is 34.1 Å². The highest BCUT2D eigenvalue weighted by Gasteiger charge is 2.45. The first kappa shape index (κ1) is 41.3. The first-order valence-electron chi connectivity index (χ1n) is 24.0. The number of aryl methyl sites for hydroxylation is 1. The van der Waals surface area contributed by atoms with Gasteiger partial charge in [0.25, 0.3) is 6.71 Å². The van der Waals surface area contributed by atoms with Crippen LogP contribution in [0.1, 0.15) is 58.2 Å². The van der Waals surface area contributed by atoms with E-state index in [-0.39, 0.29) is 24.3 Å². The average Bonchev–Trinajstić information content (AvgIpc) is 4.11. The van der Waals surface area contributed by atoms with Crippen LogP contribution in [0.3, 0.4) is 0 Å². The van der Waals surface area contributed by atoms with Crippen LogP contribution in [-0.2, 0) is 10.8 Å². The summed E-state index contributed by atoms with van der Waals surface area (Å²) in [6, 6.07) is 61.7. The number of hydrogen-bond donors (Lipinski definition) is 0. The van der Waals surface area contributed by atoms with Crippen molar-refractivity contribution in [2.75, 3.05) is 16.6 Å². The zero-order valence-corrected chi connectivity index (χ0v) is 40.0. The second-order valence-electron chi connectivity index (χ2n) is 21.0. The van der Waals surface area contributed by atoms with Crippen molar-refractivity contribution in [1.82, 2.24) is 0 Å². The Hall–Kier alpha value is -7.90. The molecule has 10 aromatic rings. The van der Waals surface area contributed by atoms with Gasteiger partial charge in [-0.1, -0.05) is 126 Å². The van der Waals surface area contributed by atoms with E-state index in [1.54, 1.807) is 0 Å². The molecule has 2 aromatic heterocycles. The van der Waals surface area contributed by atoms with Gasteiger partial charge in [-0.3, -0.25) is 0 Å². The highest BCUT2D eigenvalue weighted by molar-refractivity contribution is 7.00. The van der Waals surface area contributed by atoms with Gasteiger partial charge < -0.3 is 28.1 Å². The van der Waals surface area contributed by atoms with Crippen molar-refractivity contribution < 1.29 is 18.3 Å². The van der Waals surface area contributed by atoms with Gasteiger partial charge in [0, 0.05) is 62.0 Å². The number of fused-ring (bicyclic) bond motifs is 7. The molecule has 0 fully saturated rings. The van der Waals surface area contributed by atoms with Gasteiger partial charge in [0.1, 0.15) is 22.7 Å².